The van der Waals surface area contributed by atoms with E-state index in [2.05, 4.69) is 10.3 Å². The van der Waals surface area contributed by atoms with Crippen molar-refractivity contribution in [3.63, 3.8) is 0 Å². The molecule has 18 heavy (non-hydrogen) atoms. The van der Waals surface area contributed by atoms with E-state index < -0.39 is 0 Å². The zero-order valence-corrected chi connectivity index (χ0v) is 11.8. The fourth-order valence-corrected chi connectivity index (χ4v) is 2.21. The van der Waals surface area contributed by atoms with Gasteiger partial charge in [0.25, 0.3) is 0 Å². The summed E-state index contributed by atoms with van der Waals surface area (Å²) in [6, 6.07) is 0. The van der Waals surface area contributed by atoms with Crippen LogP contribution in [0.25, 0.3) is 0 Å². The number of ether oxygens (including phenoxy) is 1. The van der Waals surface area contributed by atoms with Crippen molar-refractivity contribution in [3.05, 3.63) is 12.0 Å². The molecule has 0 saturated carbocycles. The van der Waals surface area contributed by atoms with Crippen molar-refractivity contribution in [1.29, 1.82) is 0 Å². The number of rotatable bonds is 5. The SMILES string of the molecule is N[C](=[Pt])Nc1c(C=O)ncn1C1CC[C@@H](CO)O1. The Morgan fingerprint density at radius 3 is 3.11 bits per heavy atom. The average Bonchev–Trinajstić information content (AvgIpc) is 2.94. The van der Waals surface area contributed by atoms with Crippen LogP contribution in [-0.2, 0) is 24.1 Å². The van der Waals surface area contributed by atoms with Crippen LogP contribution in [0.15, 0.2) is 6.33 Å². The Bertz CT molecular complexity index is 462. The first-order valence-corrected chi connectivity index (χ1v) is 6.59. The Morgan fingerprint density at radius 1 is 1.78 bits per heavy atom. The van der Waals surface area contributed by atoms with Gasteiger partial charge in [0.15, 0.2) is 0 Å². The Morgan fingerprint density at radius 2 is 2.56 bits per heavy atom. The van der Waals surface area contributed by atoms with Gasteiger partial charge in [-0.25, -0.2) is 0 Å². The summed E-state index contributed by atoms with van der Waals surface area (Å²) in [5.41, 5.74) is 5.87. The molecule has 0 radical (unpaired) electrons. The maximum atomic E-state index is 10.9. The van der Waals surface area contributed by atoms with Gasteiger partial charge in [0.05, 0.1) is 0 Å². The number of imidazole rings is 1. The third-order valence-corrected chi connectivity index (χ3v) is 3.05. The third kappa shape index (κ3) is 2.75. The molecule has 0 aliphatic carbocycles. The normalized spacial score (nSPS) is 23.1. The summed E-state index contributed by atoms with van der Waals surface area (Å²) < 4.78 is 7.81. The molecular weight excluding hydrogens is 419 g/mol. The van der Waals surface area contributed by atoms with Gasteiger partial charge in [-0.2, -0.15) is 0 Å². The first kappa shape index (κ1) is 13.5. The molecule has 2 rings (SSSR count). The molecule has 0 spiro atoms. The number of nitrogens with one attached hydrogen (secondary N) is 1. The van der Waals surface area contributed by atoms with Crippen LogP contribution in [0.2, 0.25) is 0 Å². The molecule has 1 aliphatic heterocycles. The van der Waals surface area contributed by atoms with Crippen molar-refractivity contribution in [3.8, 4) is 0 Å². The number of aromatic nitrogens is 2. The quantitative estimate of drug-likeness (QED) is 0.535. The molecule has 1 saturated heterocycles. The molecule has 0 amide bonds. The van der Waals surface area contributed by atoms with Crippen molar-refractivity contribution < 1.29 is 34.0 Å². The number of aliphatic hydroxyl groups excluding tert-OH is 1. The van der Waals surface area contributed by atoms with Crippen molar-refractivity contribution >= 4 is 16.2 Å². The number of hydrogen-bond donors (Lipinski definition) is 3. The first-order chi connectivity index (χ1) is 8.65. The monoisotopic (exact) mass is 433 g/mol. The number of hydrogen-bond acceptors (Lipinski definition) is 6. The van der Waals surface area contributed by atoms with Gasteiger partial charge >= 0.3 is 115 Å². The molecule has 1 unspecified atom stereocenters. The number of aldehydes is 1. The van der Waals surface area contributed by atoms with Crippen LogP contribution in [0.5, 0.6) is 0 Å². The predicted octanol–water partition coefficient (Wildman–Crippen LogP) is -0.630. The van der Waals surface area contributed by atoms with Gasteiger partial charge in [-0.1, -0.05) is 0 Å². The second-order valence-electron chi connectivity index (χ2n) is 3.92. The van der Waals surface area contributed by atoms with Crippen LogP contribution >= 0.6 is 0 Å². The molecule has 1 aromatic heterocycles. The maximum absolute atomic E-state index is 10.9. The molecule has 0 bridgehead atoms. The van der Waals surface area contributed by atoms with E-state index in [1.54, 1.807) is 4.57 Å². The van der Waals surface area contributed by atoms with E-state index in [1.807, 2.05) is 19.4 Å². The van der Waals surface area contributed by atoms with Crippen molar-refractivity contribution in [2.24, 2.45) is 5.73 Å². The van der Waals surface area contributed by atoms with E-state index in [4.69, 9.17) is 15.6 Å². The molecule has 4 N–H and O–H groups in total. The van der Waals surface area contributed by atoms with E-state index in [9.17, 15) is 4.79 Å². The summed E-state index contributed by atoms with van der Waals surface area (Å²) in [5, 5.41) is 11.9. The number of nitrogens with zero attached hydrogens (tertiary/aromatic N) is 2. The molecule has 2 heterocycles. The zero-order valence-electron chi connectivity index (χ0n) is 9.48. The van der Waals surface area contributed by atoms with Gasteiger partial charge in [0, 0.05) is 0 Å². The number of carbonyl (C=O) groups excluding carboxylic acids is 1. The Hall–Kier alpha value is -0.882. The van der Waals surface area contributed by atoms with Gasteiger partial charge in [0.1, 0.15) is 0 Å². The second kappa shape index (κ2) is 5.84. The van der Waals surface area contributed by atoms with E-state index >= 15 is 0 Å². The minimum atomic E-state index is -0.234. The van der Waals surface area contributed by atoms with Gasteiger partial charge in [-0.05, 0) is 0 Å². The number of nitrogens with two attached hydrogens (primary N) is 1. The van der Waals surface area contributed by atoms with Crippen LogP contribution in [0.1, 0.15) is 29.6 Å². The summed E-state index contributed by atoms with van der Waals surface area (Å²) >= 11 is 1.90. The van der Waals surface area contributed by atoms with E-state index in [1.165, 1.54) is 6.33 Å². The van der Waals surface area contributed by atoms with Crippen LogP contribution in [0, 0.1) is 0 Å². The summed E-state index contributed by atoms with van der Waals surface area (Å²) in [7, 11) is 0. The zero-order chi connectivity index (χ0) is 13.1. The van der Waals surface area contributed by atoms with E-state index in [0.717, 1.165) is 12.8 Å². The molecular formula is C10H14N4O3Pt. The number of anilines is 1. The summed E-state index contributed by atoms with van der Waals surface area (Å²) in [4.78, 5) is 14.9. The van der Waals surface area contributed by atoms with Gasteiger partial charge < -0.3 is 0 Å². The Kier molecular flexibility index (Phi) is 4.39. The van der Waals surface area contributed by atoms with Gasteiger partial charge in [-0.15, -0.1) is 0 Å². The fourth-order valence-electron chi connectivity index (χ4n) is 1.94. The average molecular weight is 433 g/mol. The Labute approximate surface area is 115 Å². The van der Waals surface area contributed by atoms with E-state index in [0.29, 0.717) is 16.2 Å². The topological polar surface area (TPSA) is 102 Å². The molecule has 8 heteroatoms. The number of carbonyl (C=O) groups is 1. The summed E-state index contributed by atoms with van der Waals surface area (Å²) in [6.07, 6.45) is 3.34. The standard InChI is InChI=1S/C10H14N4O3.Pt/c11-5-12-10-8(4-16)13-6-14(10)9-2-1-7(3-15)17-9;/h4,6-7,9,12,15H,1-3,11H2;/t7-,9?;/m0./s1. The van der Waals surface area contributed by atoms with Crippen LogP contribution in [0.3, 0.4) is 0 Å². The predicted molar refractivity (Wildman–Crippen MR) is 60.7 cm³/mol. The van der Waals surface area contributed by atoms with Gasteiger partial charge in [-0.3, -0.25) is 0 Å². The second-order valence-corrected chi connectivity index (χ2v) is 5.14. The third-order valence-electron chi connectivity index (χ3n) is 2.76. The molecule has 1 aromatic rings. The Balaban J connectivity index is 2.24. The van der Waals surface area contributed by atoms with Crippen LogP contribution in [0.4, 0.5) is 5.82 Å². The van der Waals surface area contributed by atoms with Crippen molar-refractivity contribution in [2.75, 3.05) is 11.9 Å². The van der Waals surface area contributed by atoms with Crippen LogP contribution < -0.4 is 11.1 Å². The fraction of sp³-hybridized carbons (Fsp3) is 0.500. The first-order valence-electron chi connectivity index (χ1n) is 5.46. The molecule has 102 valence electrons. The van der Waals surface area contributed by atoms with Crippen molar-refractivity contribution in [1.82, 2.24) is 9.55 Å². The molecule has 7 nitrogen and oxygen atoms in total. The minimum absolute atomic E-state index is 0.00481. The summed E-state index contributed by atoms with van der Waals surface area (Å²) in [5.74, 6) is 0.515. The molecule has 2 atom stereocenters. The van der Waals surface area contributed by atoms with Crippen molar-refractivity contribution in [2.45, 2.75) is 25.2 Å². The van der Waals surface area contributed by atoms with E-state index in [-0.39, 0.29) is 24.6 Å². The van der Waals surface area contributed by atoms with Gasteiger partial charge in [0.2, 0.25) is 0 Å². The molecule has 1 aliphatic rings. The molecule has 1 fully saturated rings. The number of aliphatic hydroxyl groups is 1. The summed E-state index contributed by atoms with van der Waals surface area (Å²) in [6.45, 7) is -0.00481. The van der Waals surface area contributed by atoms with Crippen LogP contribution in [-0.4, -0.2) is 37.8 Å². The molecule has 0 aromatic carbocycles.